The first-order valence-corrected chi connectivity index (χ1v) is 14.6. The van der Waals surface area contributed by atoms with Crippen LogP contribution < -0.4 is 0 Å². The summed E-state index contributed by atoms with van der Waals surface area (Å²) in [5.41, 5.74) is 0.228. The zero-order valence-electron chi connectivity index (χ0n) is 22.3. The van der Waals surface area contributed by atoms with Gasteiger partial charge in [-0.15, -0.1) is 22.0 Å². The predicted molar refractivity (Wildman–Crippen MR) is 148 cm³/mol. The van der Waals surface area contributed by atoms with E-state index in [1.807, 2.05) is 0 Å². The molecule has 1 saturated heterocycles. The van der Waals surface area contributed by atoms with E-state index in [0.29, 0.717) is 30.5 Å². The van der Waals surface area contributed by atoms with Crippen LogP contribution in [0.4, 0.5) is 8.78 Å². The number of halogens is 2. The third-order valence-electron chi connectivity index (χ3n) is 7.93. The molecule has 2 aliphatic rings. The normalized spacial score (nSPS) is 30.0. The van der Waals surface area contributed by atoms with Crippen LogP contribution in [0.1, 0.15) is 31.3 Å². The number of ether oxygens (including phenoxy) is 1. The van der Waals surface area contributed by atoms with Crippen LogP contribution >= 0.6 is 11.8 Å². The quantitative estimate of drug-likeness (QED) is 0.249. The van der Waals surface area contributed by atoms with Crippen LogP contribution in [0.3, 0.4) is 0 Å². The highest BCUT2D eigenvalue weighted by molar-refractivity contribution is 8.00. The average molecular weight is 601 g/mol. The van der Waals surface area contributed by atoms with Crippen LogP contribution in [0.2, 0.25) is 0 Å². The number of thioether (sulfide) groups is 1. The van der Waals surface area contributed by atoms with Gasteiger partial charge in [0.05, 0.1) is 36.8 Å². The Morgan fingerprint density at radius 2 is 1.62 bits per heavy atom. The molecule has 1 saturated carbocycles. The van der Waals surface area contributed by atoms with Gasteiger partial charge in [0.15, 0.2) is 0 Å². The van der Waals surface area contributed by atoms with E-state index in [4.69, 9.17) is 4.74 Å². The summed E-state index contributed by atoms with van der Waals surface area (Å²) < 4.78 is 37.6. The highest BCUT2D eigenvalue weighted by Crippen LogP contribution is 2.43. The Bertz CT molecular complexity index is 1520. The first kappa shape index (κ1) is 28.8. The van der Waals surface area contributed by atoms with Gasteiger partial charge in [-0.25, -0.2) is 18.1 Å². The molecule has 0 bridgehead atoms. The second-order valence-corrected chi connectivity index (χ2v) is 11.8. The number of nitrogens with zero attached hydrogens (tertiary/aromatic N) is 6. The molecule has 3 unspecified atom stereocenters. The van der Waals surface area contributed by atoms with Crippen LogP contribution in [0.5, 0.6) is 0 Å². The van der Waals surface area contributed by atoms with Gasteiger partial charge in [0.1, 0.15) is 47.1 Å². The molecule has 0 spiro atoms. The number of hydrogen-bond acceptors (Lipinski definition) is 10. The summed E-state index contributed by atoms with van der Waals surface area (Å²) in [6.07, 6.45) is 0.0873. The molecule has 2 aromatic carbocycles. The average Bonchev–Trinajstić information content (AvgIpc) is 3.67. The Morgan fingerprint density at radius 3 is 2.33 bits per heavy atom. The van der Waals surface area contributed by atoms with E-state index in [-0.39, 0.29) is 11.3 Å². The van der Waals surface area contributed by atoms with Gasteiger partial charge in [-0.2, -0.15) is 0 Å². The Kier molecular flexibility index (Phi) is 8.34. The zero-order valence-corrected chi connectivity index (χ0v) is 23.1. The van der Waals surface area contributed by atoms with Crippen molar-refractivity contribution in [3.8, 4) is 22.5 Å². The van der Waals surface area contributed by atoms with E-state index < -0.39 is 65.4 Å². The maximum absolute atomic E-state index is 14.6. The van der Waals surface area contributed by atoms with Crippen LogP contribution in [0.15, 0.2) is 60.9 Å². The minimum atomic E-state index is -1.35. The van der Waals surface area contributed by atoms with Gasteiger partial charge < -0.3 is 25.2 Å². The minimum Gasteiger partial charge on any atom is -0.394 e. The SMILES string of the molecule is OC[C@H]1O[C@@H](SC2CCCC(n3nncc3-c3ccccc3F)C2O)[C@H](O)[C@@H](n2cc(-c3ccccc3F)nn2)[C@H]1O. The summed E-state index contributed by atoms with van der Waals surface area (Å²) in [7, 11) is 0. The second kappa shape index (κ2) is 12.1. The summed E-state index contributed by atoms with van der Waals surface area (Å²) in [6, 6.07) is 10.7. The molecule has 6 rings (SSSR count). The van der Waals surface area contributed by atoms with Gasteiger partial charge in [-0.1, -0.05) is 41.1 Å². The fourth-order valence-corrected chi connectivity index (χ4v) is 7.28. The van der Waals surface area contributed by atoms with Crippen molar-refractivity contribution in [1.82, 2.24) is 30.0 Å². The van der Waals surface area contributed by atoms with Gasteiger partial charge in [-0.3, -0.25) is 0 Å². The number of hydrogen-bond donors (Lipinski definition) is 4. The van der Waals surface area contributed by atoms with Crippen molar-refractivity contribution in [2.75, 3.05) is 6.61 Å². The van der Waals surface area contributed by atoms with Crippen LogP contribution in [0.25, 0.3) is 22.5 Å². The smallest absolute Gasteiger partial charge is 0.132 e. The summed E-state index contributed by atoms with van der Waals surface area (Å²) in [4.78, 5) is 0. The molecule has 222 valence electrons. The number of aromatic nitrogens is 6. The molecular weight excluding hydrogens is 570 g/mol. The van der Waals surface area contributed by atoms with Crippen molar-refractivity contribution in [1.29, 1.82) is 0 Å². The first-order valence-electron chi connectivity index (χ1n) is 13.6. The Balaban J connectivity index is 1.23. The Morgan fingerprint density at radius 1 is 0.905 bits per heavy atom. The molecule has 4 aromatic rings. The molecule has 42 heavy (non-hydrogen) atoms. The summed E-state index contributed by atoms with van der Waals surface area (Å²) in [6.45, 7) is -0.531. The molecule has 1 aliphatic carbocycles. The fourth-order valence-electron chi connectivity index (χ4n) is 5.76. The number of aliphatic hydroxyl groups is 4. The molecule has 0 radical (unpaired) electrons. The molecule has 2 fully saturated rings. The highest BCUT2D eigenvalue weighted by atomic mass is 32.2. The third-order valence-corrected chi connectivity index (χ3v) is 9.45. The van der Waals surface area contributed by atoms with Crippen LogP contribution in [-0.4, -0.2) is 92.1 Å². The lowest BCUT2D eigenvalue weighted by molar-refractivity contribution is -0.178. The lowest BCUT2D eigenvalue weighted by Gasteiger charge is -2.44. The Labute approximate surface area is 243 Å². The lowest BCUT2D eigenvalue weighted by Crippen LogP contribution is -2.55. The van der Waals surface area contributed by atoms with Gasteiger partial charge in [0, 0.05) is 16.4 Å². The number of aliphatic hydroxyl groups excluding tert-OH is 4. The number of rotatable bonds is 7. The van der Waals surface area contributed by atoms with E-state index in [9.17, 15) is 29.2 Å². The van der Waals surface area contributed by atoms with E-state index in [1.165, 1.54) is 45.7 Å². The van der Waals surface area contributed by atoms with Gasteiger partial charge in [0.2, 0.25) is 0 Å². The monoisotopic (exact) mass is 600 g/mol. The molecule has 3 heterocycles. The van der Waals surface area contributed by atoms with Crippen molar-refractivity contribution in [3.05, 3.63) is 72.6 Å². The van der Waals surface area contributed by atoms with Crippen molar-refractivity contribution in [2.24, 2.45) is 0 Å². The molecule has 1 aliphatic heterocycles. The minimum absolute atomic E-state index is 0.212. The summed E-state index contributed by atoms with van der Waals surface area (Å²) in [5.74, 6) is -0.924. The van der Waals surface area contributed by atoms with Gasteiger partial charge in [0.25, 0.3) is 0 Å². The van der Waals surface area contributed by atoms with Crippen molar-refractivity contribution < 1.29 is 33.9 Å². The second-order valence-electron chi connectivity index (χ2n) is 10.5. The van der Waals surface area contributed by atoms with Crippen LogP contribution in [-0.2, 0) is 4.74 Å². The molecule has 8 atom stereocenters. The third kappa shape index (κ3) is 5.34. The standard InChI is InChI=1S/C28H30F2N6O5S/c29-17-8-3-1-6-15(17)19-13-35(34-32-19)24-26(39)22(14-37)41-28(27(24)40)42-23-11-5-10-20(25(23)38)36-21(12-31-33-36)16-7-2-4-9-18(16)30/h1-4,6-9,12-13,20,22-28,37-40H,5,10-11,14H2/t20?,22-,23?,24+,25?,26+,27-,28+/m1/s1. The fraction of sp³-hybridized carbons (Fsp3) is 0.429. The zero-order chi connectivity index (χ0) is 29.4. The Hall–Kier alpha value is -3.27. The lowest BCUT2D eigenvalue weighted by atomic mass is 9.91. The maximum Gasteiger partial charge on any atom is 0.132 e. The summed E-state index contributed by atoms with van der Waals surface area (Å²) in [5, 5.41) is 59.6. The van der Waals surface area contributed by atoms with E-state index in [2.05, 4.69) is 20.6 Å². The van der Waals surface area contributed by atoms with E-state index >= 15 is 0 Å². The molecular formula is C28H30F2N6O5S. The van der Waals surface area contributed by atoms with E-state index in [1.54, 1.807) is 36.4 Å². The molecule has 4 N–H and O–H groups in total. The largest absolute Gasteiger partial charge is 0.394 e. The van der Waals surface area contributed by atoms with Gasteiger partial charge >= 0.3 is 0 Å². The highest BCUT2D eigenvalue weighted by Gasteiger charge is 2.48. The van der Waals surface area contributed by atoms with Crippen LogP contribution in [0, 0.1) is 11.6 Å². The summed E-state index contributed by atoms with van der Waals surface area (Å²) >= 11 is 1.19. The number of benzene rings is 2. The van der Waals surface area contributed by atoms with Crippen molar-refractivity contribution in [2.45, 2.75) is 66.4 Å². The van der Waals surface area contributed by atoms with Crippen molar-refractivity contribution in [3.63, 3.8) is 0 Å². The van der Waals surface area contributed by atoms with Crippen molar-refractivity contribution >= 4 is 11.8 Å². The molecule has 0 amide bonds. The van der Waals surface area contributed by atoms with Gasteiger partial charge in [-0.05, 0) is 37.1 Å². The molecule has 2 aromatic heterocycles. The molecule has 11 nitrogen and oxygen atoms in total. The maximum atomic E-state index is 14.6. The predicted octanol–water partition coefficient (Wildman–Crippen LogP) is 2.35. The molecule has 14 heteroatoms. The first-order chi connectivity index (χ1) is 20.4. The topological polar surface area (TPSA) is 152 Å². The van der Waals surface area contributed by atoms with E-state index in [0.717, 1.165) is 0 Å².